The van der Waals surface area contributed by atoms with Crippen molar-refractivity contribution >= 4 is 17.6 Å². The topological polar surface area (TPSA) is 35.6 Å². The molecule has 1 aromatic carbocycles. The predicted molar refractivity (Wildman–Crippen MR) is 86.8 cm³/mol. The molecule has 5 heteroatoms. The minimum atomic E-state index is 0.0485. The number of halogens is 1. The van der Waals surface area contributed by atoms with E-state index in [1.54, 1.807) is 0 Å². The maximum absolute atomic E-state index is 12.1. The van der Waals surface area contributed by atoms with E-state index in [0.717, 1.165) is 37.6 Å². The molecule has 0 saturated carbocycles. The summed E-state index contributed by atoms with van der Waals surface area (Å²) in [5.41, 5.74) is 1.18. The molecule has 1 N–H and O–H groups in total. The fourth-order valence-corrected chi connectivity index (χ4v) is 2.64. The van der Waals surface area contributed by atoms with Crippen LogP contribution in [0.2, 0.25) is 5.02 Å². The van der Waals surface area contributed by atoms with Gasteiger partial charge in [0.2, 0.25) is 0 Å². The monoisotopic (exact) mass is 309 g/mol. The van der Waals surface area contributed by atoms with Gasteiger partial charge < -0.3 is 10.2 Å². The van der Waals surface area contributed by atoms with Gasteiger partial charge in [0.15, 0.2) is 0 Å². The zero-order valence-electron chi connectivity index (χ0n) is 12.8. The molecule has 1 saturated heterocycles. The quantitative estimate of drug-likeness (QED) is 0.928. The Hall–Kier alpha value is -1.26. The molecule has 0 aliphatic carbocycles. The third-order valence-electron chi connectivity index (χ3n) is 3.93. The molecule has 0 radical (unpaired) electrons. The van der Waals surface area contributed by atoms with Crippen LogP contribution in [-0.2, 0) is 6.42 Å². The number of hydrogen-bond donors (Lipinski definition) is 1. The van der Waals surface area contributed by atoms with Gasteiger partial charge >= 0.3 is 6.03 Å². The highest BCUT2D eigenvalue weighted by molar-refractivity contribution is 6.30. The molecule has 0 bridgehead atoms. The van der Waals surface area contributed by atoms with Crippen molar-refractivity contribution in [1.82, 2.24) is 15.1 Å². The van der Waals surface area contributed by atoms with Gasteiger partial charge in [0, 0.05) is 43.8 Å². The fourth-order valence-electron chi connectivity index (χ4n) is 2.52. The molecular weight excluding hydrogens is 286 g/mol. The van der Waals surface area contributed by atoms with Crippen LogP contribution in [0.4, 0.5) is 4.79 Å². The van der Waals surface area contributed by atoms with E-state index >= 15 is 0 Å². The molecule has 4 nitrogen and oxygen atoms in total. The van der Waals surface area contributed by atoms with E-state index in [2.05, 4.69) is 24.1 Å². The molecule has 1 fully saturated rings. The molecule has 1 aliphatic heterocycles. The molecule has 0 unspecified atom stereocenters. The van der Waals surface area contributed by atoms with Gasteiger partial charge in [-0.15, -0.1) is 0 Å². The van der Waals surface area contributed by atoms with Gasteiger partial charge in [0.25, 0.3) is 0 Å². The normalized spacial score (nSPS) is 16.3. The zero-order chi connectivity index (χ0) is 15.2. The summed E-state index contributed by atoms with van der Waals surface area (Å²) in [6, 6.07) is 8.35. The lowest BCUT2D eigenvalue weighted by molar-refractivity contribution is 0.119. The molecule has 116 valence electrons. The molecular formula is C16H24ClN3O. The number of nitrogens with zero attached hydrogens (tertiary/aromatic N) is 2. The smallest absolute Gasteiger partial charge is 0.317 e. The number of hydrogen-bond acceptors (Lipinski definition) is 2. The lowest BCUT2D eigenvalue weighted by atomic mass is 10.1. The molecule has 2 rings (SSSR count). The zero-order valence-corrected chi connectivity index (χ0v) is 13.6. The average Bonchev–Trinajstić information content (AvgIpc) is 2.49. The summed E-state index contributed by atoms with van der Waals surface area (Å²) in [6.07, 6.45) is 0.828. The van der Waals surface area contributed by atoms with Crippen molar-refractivity contribution in [3.05, 3.63) is 34.9 Å². The van der Waals surface area contributed by atoms with Gasteiger partial charge in [0.05, 0.1) is 0 Å². The molecule has 0 spiro atoms. The van der Waals surface area contributed by atoms with Gasteiger partial charge in [-0.3, -0.25) is 4.90 Å². The Morgan fingerprint density at radius 2 is 1.81 bits per heavy atom. The van der Waals surface area contributed by atoms with Gasteiger partial charge in [-0.05, 0) is 38.0 Å². The second-order valence-corrected chi connectivity index (χ2v) is 6.16. The molecule has 0 atom stereocenters. The second-order valence-electron chi connectivity index (χ2n) is 5.73. The Balaban J connectivity index is 1.69. The van der Waals surface area contributed by atoms with Crippen LogP contribution >= 0.6 is 11.6 Å². The number of urea groups is 1. The highest BCUT2D eigenvalue weighted by atomic mass is 35.5. The van der Waals surface area contributed by atoms with E-state index in [1.165, 1.54) is 5.56 Å². The number of carbonyl (C=O) groups excluding carboxylic acids is 1. The van der Waals surface area contributed by atoms with Crippen molar-refractivity contribution in [2.24, 2.45) is 0 Å². The molecule has 1 aromatic rings. The number of rotatable bonds is 4. The maximum atomic E-state index is 12.1. The summed E-state index contributed by atoms with van der Waals surface area (Å²) in [5.74, 6) is 0. The highest BCUT2D eigenvalue weighted by Crippen LogP contribution is 2.10. The Morgan fingerprint density at radius 1 is 1.19 bits per heavy atom. The van der Waals surface area contributed by atoms with E-state index in [-0.39, 0.29) is 6.03 Å². The SMILES string of the molecule is CC(C)N1CCN(C(=O)NCCc2ccc(Cl)cc2)CC1. The second kappa shape index (κ2) is 7.66. The van der Waals surface area contributed by atoms with Crippen LogP contribution in [0.15, 0.2) is 24.3 Å². The fraction of sp³-hybridized carbons (Fsp3) is 0.562. The van der Waals surface area contributed by atoms with Crippen molar-refractivity contribution in [2.45, 2.75) is 26.3 Å². The first kappa shape index (κ1) is 16.1. The predicted octanol–water partition coefficient (Wildman–Crippen LogP) is 2.62. The summed E-state index contributed by atoms with van der Waals surface area (Å²) in [4.78, 5) is 16.4. The molecule has 1 aliphatic rings. The van der Waals surface area contributed by atoms with Crippen LogP contribution in [0.5, 0.6) is 0 Å². The van der Waals surface area contributed by atoms with Crippen LogP contribution in [0.1, 0.15) is 19.4 Å². The average molecular weight is 310 g/mol. The van der Waals surface area contributed by atoms with Crippen LogP contribution < -0.4 is 5.32 Å². The summed E-state index contributed by atoms with van der Waals surface area (Å²) in [6.45, 7) is 8.59. The number of benzene rings is 1. The molecule has 1 heterocycles. The molecule has 0 aromatic heterocycles. The van der Waals surface area contributed by atoms with E-state index in [0.29, 0.717) is 12.6 Å². The maximum Gasteiger partial charge on any atom is 0.317 e. The summed E-state index contributed by atoms with van der Waals surface area (Å²) < 4.78 is 0. The van der Waals surface area contributed by atoms with E-state index < -0.39 is 0 Å². The van der Waals surface area contributed by atoms with Gasteiger partial charge in [0.1, 0.15) is 0 Å². The molecule has 21 heavy (non-hydrogen) atoms. The first-order valence-corrected chi connectivity index (χ1v) is 7.95. The van der Waals surface area contributed by atoms with Crippen molar-refractivity contribution in [2.75, 3.05) is 32.7 Å². The lowest BCUT2D eigenvalue weighted by Crippen LogP contribution is -2.53. The third kappa shape index (κ3) is 4.90. The van der Waals surface area contributed by atoms with Crippen molar-refractivity contribution in [3.63, 3.8) is 0 Å². The Labute approximate surface area is 132 Å². The van der Waals surface area contributed by atoms with Gasteiger partial charge in [-0.1, -0.05) is 23.7 Å². The van der Waals surface area contributed by atoms with Crippen molar-refractivity contribution in [1.29, 1.82) is 0 Å². The largest absolute Gasteiger partial charge is 0.338 e. The van der Waals surface area contributed by atoms with E-state index in [1.807, 2.05) is 29.2 Å². The highest BCUT2D eigenvalue weighted by Gasteiger charge is 2.21. The third-order valence-corrected chi connectivity index (χ3v) is 4.19. The van der Waals surface area contributed by atoms with Crippen LogP contribution in [-0.4, -0.2) is 54.6 Å². The Bertz CT molecular complexity index is 453. The van der Waals surface area contributed by atoms with Gasteiger partial charge in [-0.2, -0.15) is 0 Å². The van der Waals surface area contributed by atoms with Crippen LogP contribution in [0.25, 0.3) is 0 Å². The van der Waals surface area contributed by atoms with Crippen LogP contribution in [0.3, 0.4) is 0 Å². The lowest BCUT2D eigenvalue weighted by Gasteiger charge is -2.36. The van der Waals surface area contributed by atoms with E-state index in [9.17, 15) is 4.79 Å². The summed E-state index contributed by atoms with van der Waals surface area (Å²) >= 11 is 5.85. The summed E-state index contributed by atoms with van der Waals surface area (Å²) in [7, 11) is 0. The number of carbonyl (C=O) groups is 1. The van der Waals surface area contributed by atoms with Crippen LogP contribution in [0, 0.1) is 0 Å². The summed E-state index contributed by atoms with van der Waals surface area (Å²) in [5, 5.41) is 3.74. The number of amides is 2. The van der Waals surface area contributed by atoms with Crippen molar-refractivity contribution in [3.8, 4) is 0 Å². The van der Waals surface area contributed by atoms with Crippen molar-refractivity contribution < 1.29 is 4.79 Å². The first-order chi connectivity index (χ1) is 10.1. The number of piperazine rings is 1. The molecule has 2 amide bonds. The Kier molecular flexibility index (Phi) is 5.88. The first-order valence-electron chi connectivity index (χ1n) is 7.57. The number of nitrogens with one attached hydrogen (secondary N) is 1. The van der Waals surface area contributed by atoms with E-state index in [4.69, 9.17) is 11.6 Å². The Morgan fingerprint density at radius 3 is 2.38 bits per heavy atom. The minimum Gasteiger partial charge on any atom is -0.338 e. The minimum absolute atomic E-state index is 0.0485. The van der Waals surface area contributed by atoms with Gasteiger partial charge in [-0.25, -0.2) is 4.79 Å². The standard InChI is InChI=1S/C16H24ClN3O/c1-13(2)19-9-11-20(12-10-19)16(21)18-8-7-14-3-5-15(17)6-4-14/h3-6,13H,7-12H2,1-2H3,(H,18,21).